The lowest BCUT2D eigenvalue weighted by Crippen LogP contribution is -1.92. The van der Waals surface area contributed by atoms with Crippen molar-refractivity contribution in [1.29, 1.82) is 0 Å². The second-order valence-corrected chi connectivity index (χ2v) is 5.02. The van der Waals surface area contributed by atoms with Gasteiger partial charge in [0.15, 0.2) is 0 Å². The fraction of sp³-hybridized carbons (Fsp3) is 0.0714. The quantitative estimate of drug-likeness (QED) is 0.658. The van der Waals surface area contributed by atoms with Crippen molar-refractivity contribution in [2.24, 2.45) is 0 Å². The van der Waals surface area contributed by atoms with E-state index in [9.17, 15) is 4.39 Å². The van der Waals surface area contributed by atoms with Gasteiger partial charge < -0.3 is 0 Å². The summed E-state index contributed by atoms with van der Waals surface area (Å²) in [7, 11) is 0. The lowest BCUT2D eigenvalue weighted by Gasteiger charge is -2.05. The highest BCUT2D eigenvalue weighted by Gasteiger charge is 2.14. The molecule has 2 heterocycles. The minimum absolute atomic E-state index is 0.234. The van der Waals surface area contributed by atoms with Gasteiger partial charge >= 0.3 is 0 Å². The third-order valence-electron chi connectivity index (χ3n) is 2.89. The average Bonchev–Trinajstić information content (AvgIpc) is 2.66. The standard InChI is InChI=1S/C14H10BrFN2/c1-9-14(11-4-2-3-5-12(11)16)18-8-10(15)6-7-13(18)17-9/h2-8H,1H3. The highest BCUT2D eigenvalue weighted by atomic mass is 79.9. The Morgan fingerprint density at radius 1 is 1.17 bits per heavy atom. The smallest absolute Gasteiger partial charge is 0.137 e. The van der Waals surface area contributed by atoms with Gasteiger partial charge in [-0.25, -0.2) is 9.37 Å². The highest BCUT2D eigenvalue weighted by Crippen LogP contribution is 2.28. The fourth-order valence-corrected chi connectivity index (χ4v) is 2.45. The number of imidazole rings is 1. The molecule has 2 nitrogen and oxygen atoms in total. The predicted octanol–water partition coefficient (Wildman–Crippen LogP) is 4.21. The number of halogens is 2. The number of aryl methyl sites for hydroxylation is 1. The van der Waals surface area contributed by atoms with Gasteiger partial charge in [-0.2, -0.15) is 0 Å². The SMILES string of the molecule is Cc1nc2ccc(Br)cn2c1-c1ccccc1F. The van der Waals surface area contributed by atoms with Crippen molar-refractivity contribution >= 4 is 21.6 Å². The number of hydrogen-bond acceptors (Lipinski definition) is 1. The first-order valence-corrected chi connectivity index (χ1v) is 6.35. The lowest BCUT2D eigenvalue weighted by molar-refractivity contribution is 0.630. The second-order valence-electron chi connectivity index (χ2n) is 4.10. The molecule has 3 rings (SSSR count). The van der Waals surface area contributed by atoms with Crippen LogP contribution in [0.2, 0.25) is 0 Å². The lowest BCUT2D eigenvalue weighted by atomic mass is 10.1. The van der Waals surface area contributed by atoms with Gasteiger partial charge in [-0.05, 0) is 47.1 Å². The van der Waals surface area contributed by atoms with Crippen molar-refractivity contribution in [2.75, 3.05) is 0 Å². The number of nitrogens with zero attached hydrogens (tertiary/aromatic N) is 2. The molecule has 0 aliphatic rings. The van der Waals surface area contributed by atoms with Crippen LogP contribution in [0.5, 0.6) is 0 Å². The van der Waals surface area contributed by atoms with Crippen molar-refractivity contribution in [3.63, 3.8) is 0 Å². The molecule has 0 bridgehead atoms. The Labute approximate surface area is 112 Å². The van der Waals surface area contributed by atoms with Crippen LogP contribution >= 0.6 is 15.9 Å². The molecule has 0 atom stereocenters. The topological polar surface area (TPSA) is 17.3 Å². The van der Waals surface area contributed by atoms with Crippen molar-refractivity contribution < 1.29 is 4.39 Å². The van der Waals surface area contributed by atoms with Gasteiger partial charge in [0.1, 0.15) is 11.5 Å². The molecule has 3 aromatic rings. The van der Waals surface area contributed by atoms with Crippen molar-refractivity contribution in [3.05, 3.63) is 58.6 Å². The molecule has 1 aromatic carbocycles. The van der Waals surface area contributed by atoms with Gasteiger partial charge in [-0.3, -0.25) is 4.40 Å². The normalized spacial score (nSPS) is 11.1. The van der Waals surface area contributed by atoms with E-state index in [1.165, 1.54) is 6.07 Å². The Kier molecular flexibility index (Phi) is 2.67. The van der Waals surface area contributed by atoms with Crippen LogP contribution in [0, 0.1) is 12.7 Å². The summed E-state index contributed by atoms with van der Waals surface area (Å²) in [4.78, 5) is 4.45. The zero-order chi connectivity index (χ0) is 12.7. The van der Waals surface area contributed by atoms with E-state index in [1.807, 2.05) is 35.7 Å². The van der Waals surface area contributed by atoms with Gasteiger partial charge in [-0.15, -0.1) is 0 Å². The third-order valence-corrected chi connectivity index (χ3v) is 3.35. The molecule has 0 aliphatic heterocycles. The molecule has 0 radical (unpaired) electrons. The zero-order valence-corrected chi connectivity index (χ0v) is 11.3. The maximum atomic E-state index is 13.9. The summed E-state index contributed by atoms with van der Waals surface area (Å²) in [6.07, 6.45) is 1.90. The number of fused-ring (bicyclic) bond motifs is 1. The Hall–Kier alpha value is -1.68. The van der Waals surface area contributed by atoms with Crippen molar-refractivity contribution in [3.8, 4) is 11.3 Å². The van der Waals surface area contributed by atoms with Gasteiger partial charge in [0, 0.05) is 16.2 Å². The first kappa shape index (κ1) is 11.4. The molecule has 90 valence electrons. The van der Waals surface area contributed by atoms with Gasteiger partial charge in [0.2, 0.25) is 0 Å². The monoisotopic (exact) mass is 304 g/mol. The van der Waals surface area contributed by atoms with Gasteiger partial charge in [-0.1, -0.05) is 12.1 Å². The first-order valence-electron chi connectivity index (χ1n) is 5.56. The van der Waals surface area contributed by atoms with E-state index in [4.69, 9.17) is 0 Å². The number of benzene rings is 1. The van der Waals surface area contributed by atoms with E-state index >= 15 is 0 Å². The maximum Gasteiger partial charge on any atom is 0.137 e. The maximum absolute atomic E-state index is 13.9. The van der Waals surface area contributed by atoms with E-state index in [0.717, 1.165) is 21.5 Å². The van der Waals surface area contributed by atoms with E-state index in [0.29, 0.717) is 5.56 Å². The van der Waals surface area contributed by atoms with Crippen LogP contribution in [0.15, 0.2) is 47.1 Å². The highest BCUT2D eigenvalue weighted by molar-refractivity contribution is 9.10. The Bertz CT molecular complexity index is 734. The molecule has 0 saturated heterocycles. The summed E-state index contributed by atoms with van der Waals surface area (Å²) in [5, 5.41) is 0. The molecule has 0 fully saturated rings. The van der Waals surface area contributed by atoms with Crippen LogP contribution in [0.25, 0.3) is 16.9 Å². The zero-order valence-electron chi connectivity index (χ0n) is 9.69. The van der Waals surface area contributed by atoms with Crippen LogP contribution < -0.4 is 0 Å². The number of pyridine rings is 1. The summed E-state index contributed by atoms with van der Waals surface area (Å²) in [6.45, 7) is 1.89. The van der Waals surface area contributed by atoms with E-state index in [1.54, 1.807) is 12.1 Å². The van der Waals surface area contributed by atoms with Crippen molar-refractivity contribution in [1.82, 2.24) is 9.38 Å². The van der Waals surface area contributed by atoms with Crippen LogP contribution in [-0.2, 0) is 0 Å². The summed E-state index contributed by atoms with van der Waals surface area (Å²) in [5.41, 5.74) is 3.00. The van der Waals surface area contributed by atoms with Crippen molar-refractivity contribution in [2.45, 2.75) is 6.92 Å². The van der Waals surface area contributed by atoms with Crippen LogP contribution in [0.4, 0.5) is 4.39 Å². The Morgan fingerprint density at radius 3 is 2.72 bits per heavy atom. The van der Waals surface area contributed by atoms with Crippen LogP contribution in [0.3, 0.4) is 0 Å². The molecule has 2 aromatic heterocycles. The van der Waals surface area contributed by atoms with Crippen LogP contribution in [0.1, 0.15) is 5.69 Å². The molecular formula is C14H10BrFN2. The van der Waals surface area contributed by atoms with E-state index < -0.39 is 0 Å². The molecular weight excluding hydrogens is 295 g/mol. The number of rotatable bonds is 1. The van der Waals surface area contributed by atoms with Crippen LogP contribution in [-0.4, -0.2) is 9.38 Å². The molecule has 0 unspecified atom stereocenters. The summed E-state index contributed by atoms with van der Waals surface area (Å²) < 4.78 is 16.7. The number of hydrogen-bond donors (Lipinski definition) is 0. The summed E-state index contributed by atoms with van der Waals surface area (Å²) in [5.74, 6) is -0.234. The largest absolute Gasteiger partial charge is 0.298 e. The Morgan fingerprint density at radius 2 is 1.94 bits per heavy atom. The van der Waals surface area contributed by atoms with Gasteiger partial charge in [0.05, 0.1) is 11.4 Å². The molecule has 0 N–H and O–H groups in total. The molecule has 18 heavy (non-hydrogen) atoms. The predicted molar refractivity (Wildman–Crippen MR) is 73.0 cm³/mol. The summed E-state index contributed by atoms with van der Waals surface area (Å²) >= 11 is 3.42. The minimum Gasteiger partial charge on any atom is -0.298 e. The van der Waals surface area contributed by atoms with E-state index in [-0.39, 0.29) is 5.82 Å². The summed E-state index contributed by atoms with van der Waals surface area (Å²) in [6, 6.07) is 10.6. The first-order chi connectivity index (χ1) is 8.66. The second kappa shape index (κ2) is 4.21. The molecule has 4 heteroatoms. The minimum atomic E-state index is -0.234. The molecule has 0 saturated carbocycles. The Balaban J connectivity index is 2.38. The third kappa shape index (κ3) is 1.73. The van der Waals surface area contributed by atoms with E-state index in [2.05, 4.69) is 20.9 Å². The number of aromatic nitrogens is 2. The average molecular weight is 305 g/mol. The molecule has 0 spiro atoms. The molecule has 0 aliphatic carbocycles. The molecule has 0 amide bonds. The van der Waals surface area contributed by atoms with Gasteiger partial charge in [0.25, 0.3) is 0 Å². The fourth-order valence-electron chi connectivity index (χ4n) is 2.11.